The summed E-state index contributed by atoms with van der Waals surface area (Å²) in [7, 11) is 0. The van der Waals surface area contributed by atoms with E-state index >= 15 is 0 Å². The van der Waals surface area contributed by atoms with Gasteiger partial charge in [-0.2, -0.15) is 0 Å². The lowest BCUT2D eigenvalue weighted by Crippen LogP contribution is -2.55. The molecule has 0 bridgehead atoms. The van der Waals surface area contributed by atoms with Crippen LogP contribution >= 0.6 is 0 Å². The monoisotopic (exact) mass is 646 g/mol. The van der Waals surface area contributed by atoms with Gasteiger partial charge in [-0.05, 0) is 68.9 Å². The number of amides is 2. The molecule has 1 aromatic heterocycles. The zero-order valence-electron chi connectivity index (χ0n) is 26.7. The summed E-state index contributed by atoms with van der Waals surface area (Å²) in [4.78, 5) is 54.1. The van der Waals surface area contributed by atoms with Crippen molar-refractivity contribution < 1.29 is 24.0 Å². The van der Waals surface area contributed by atoms with Crippen molar-refractivity contribution in [3.05, 3.63) is 105 Å². The van der Waals surface area contributed by atoms with Crippen molar-refractivity contribution in [2.24, 2.45) is 5.73 Å². The van der Waals surface area contributed by atoms with E-state index in [-0.39, 0.29) is 37.5 Å². The van der Waals surface area contributed by atoms with E-state index in [0.29, 0.717) is 18.4 Å². The number of nitro groups is 1. The largest absolute Gasteiger partial charge is 0.460 e. The molecular weight excluding hydrogens is 604 g/mol. The molecule has 0 saturated heterocycles. The van der Waals surface area contributed by atoms with E-state index in [1.165, 1.54) is 12.1 Å². The third-order valence-corrected chi connectivity index (χ3v) is 6.93. The first-order chi connectivity index (χ1) is 22.3. The Morgan fingerprint density at radius 3 is 2.11 bits per heavy atom. The van der Waals surface area contributed by atoms with Crippen molar-refractivity contribution in [1.82, 2.24) is 26.5 Å². The molecule has 14 nitrogen and oxygen atoms in total. The van der Waals surface area contributed by atoms with Crippen molar-refractivity contribution in [2.75, 3.05) is 0 Å². The van der Waals surface area contributed by atoms with Gasteiger partial charge >= 0.3 is 5.97 Å². The number of nitrogen functional groups attached to an aromatic ring is 1. The Labute approximate surface area is 273 Å². The molecule has 3 aromatic rings. The number of pyridine rings is 1. The van der Waals surface area contributed by atoms with Crippen LogP contribution in [0.5, 0.6) is 0 Å². The summed E-state index contributed by atoms with van der Waals surface area (Å²) in [6.07, 6.45) is 4.11. The molecule has 7 N–H and O–H groups in total. The summed E-state index contributed by atoms with van der Waals surface area (Å²) in [6, 6.07) is 14.7. The maximum Gasteiger partial charge on any atom is 0.306 e. The fourth-order valence-electron chi connectivity index (χ4n) is 4.45. The Morgan fingerprint density at radius 2 is 1.51 bits per heavy atom. The fraction of sp³-hybridized carbons (Fsp3) is 0.364. The number of aryl methyl sites for hydroxylation is 1. The van der Waals surface area contributed by atoms with Gasteiger partial charge in [-0.25, -0.2) is 5.43 Å². The summed E-state index contributed by atoms with van der Waals surface area (Å²) in [6.45, 7) is 5.66. The number of carbonyl (C=O) groups excluding carboxylic acids is 3. The number of carbonyl (C=O) groups is 3. The second-order valence-corrected chi connectivity index (χ2v) is 11.9. The lowest BCUT2D eigenvalue weighted by Gasteiger charge is -2.24. The van der Waals surface area contributed by atoms with Crippen molar-refractivity contribution in [3.63, 3.8) is 0 Å². The molecule has 47 heavy (non-hydrogen) atoms. The predicted molar refractivity (Wildman–Crippen MR) is 176 cm³/mol. The van der Waals surface area contributed by atoms with E-state index in [9.17, 15) is 24.5 Å². The highest BCUT2D eigenvalue weighted by atomic mass is 16.6. The number of nitro benzene ring substituents is 1. The molecule has 3 rings (SSSR count). The fourth-order valence-corrected chi connectivity index (χ4v) is 4.45. The maximum atomic E-state index is 13.7. The van der Waals surface area contributed by atoms with Crippen molar-refractivity contribution in [3.8, 4) is 0 Å². The predicted octanol–water partition coefficient (Wildman–Crippen LogP) is 2.79. The maximum absolute atomic E-state index is 13.7. The zero-order valence-corrected chi connectivity index (χ0v) is 26.7. The Morgan fingerprint density at radius 1 is 0.894 bits per heavy atom. The highest BCUT2D eigenvalue weighted by Crippen LogP contribution is 2.13. The molecule has 0 fully saturated rings. The Balaban J connectivity index is 1.71. The second-order valence-electron chi connectivity index (χ2n) is 11.9. The SMILES string of the molecule is CC(C)(C)OC(=O)CC[C@H](NC(=O)[C@@H](CCc1ccncc1)NNCc1ccc([N+](=O)[O-])cc1)C(=O)NCc1ccc(C(=N)N)cc1. The quantitative estimate of drug-likeness (QED) is 0.0415. The summed E-state index contributed by atoms with van der Waals surface area (Å²) < 4.78 is 5.41. The van der Waals surface area contributed by atoms with Crippen LogP contribution in [0.4, 0.5) is 5.69 Å². The van der Waals surface area contributed by atoms with Crippen molar-refractivity contribution >= 4 is 29.3 Å². The Hall–Kier alpha value is -5.21. The summed E-state index contributed by atoms with van der Waals surface area (Å²) in [5.74, 6) is -1.52. The van der Waals surface area contributed by atoms with Gasteiger partial charge in [0.25, 0.3) is 5.69 Å². The normalized spacial score (nSPS) is 12.4. The number of rotatable bonds is 17. The molecule has 0 unspecified atom stereocenters. The molecule has 0 aliphatic heterocycles. The van der Waals surface area contributed by atoms with Crippen LogP contribution in [0.15, 0.2) is 73.1 Å². The van der Waals surface area contributed by atoms with Crippen LogP contribution in [-0.2, 0) is 38.6 Å². The molecule has 2 amide bonds. The summed E-state index contributed by atoms with van der Waals surface area (Å²) in [5, 5.41) is 24.1. The van der Waals surface area contributed by atoms with E-state index in [0.717, 1.165) is 16.7 Å². The minimum atomic E-state index is -1.05. The minimum Gasteiger partial charge on any atom is -0.460 e. The van der Waals surface area contributed by atoms with E-state index in [1.807, 2.05) is 12.1 Å². The van der Waals surface area contributed by atoms with Crippen LogP contribution in [0.25, 0.3) is 0 Å². The lowest BCUT2D eigenvalue weighted by atomic mass is 10.0. The number of nitrogens with two attached hydrogens (primary N) is 1. The number of nitrogens with zero attached hydrogens (tertiary/aromatic N) is 2. The van der Waals surface area contributed by atoms with E-state index in [1.54, 1.807) is 69.6 Å². The van der Waals surface area contributed by atoms with Crippen molar-refractivity contribution in [1.29, 1.82) is 5.41 Å². The van der Waals surface area contributed by atoms with Crippen LogP contribution in [-0.4, -0.2) is 51.2 Å². The van der Waals surface area contributed by atoms with E-state index < -0.39 is 40.4 Å². The van der Waals surface area contributed by atoms with Crippen LogP contribution < -0.4 is 27.2 Å². The van der Waals surface area contributed by atoms with Crippen LogP contribution in [0.3, 0.4) is 0 Å². The molecule has 1 heterocycles. The topological polar surface area (TPSA) is 214 Å². The van der Waals surface area contributed by atoms with Crippen LogP contribution in [0.2, 0.25) is 0 Å². The number of hydrogen-bond donors (Lipinski definition) is 6. The highest BCUT2D eigenvalue weighted by molar-refractivity contribution is 5.95. The second kappa shape index (κ2) is 17.5. The van der Waals surface area contributed by atoms with E-state index in [4.69, 9.17) is 15.9 Å². The number of benzene rings is 2. The number of non-ortho nitro benzene ring substituents is 1. The average Bonchev–Trinajstić information content (AvgIpc) is 3.03. The van der Waals surface area contributed by atoms with Gasteiger partial charge in [0.2, 0.25) is 11.8 Å². The van der Waals surface area contributed by atoms with Gasteiger partial charge < -0.3 is 21.1 Å². The molecule has 14 heteroatoms. The van der Waals surface area contributed by atoms with Crippen LogP contribution in [0, 0.1) is 15.5 Å². The van der Waals surface area contributed by atoms with Gasteiger partial charge in [0.1, 0.15) is 23.5 Å². The molecule has 250 valence electrons. The zero-order chi connectivity index (χ0) is 34.4. The van der Waals surface area contributed by atoms with Gasteiger partial charge in [0.15, 0.2) is 0 Å². The first-order valence-electron chi connectivity index (χ1n) is 15.1. The molecule has 0 aliphatic carbocycles. The van der Waals surface area contributed by atoms with Gasteiger partial charge in [0.05, 0.1) is 4.92 Å². The number of ether oxygens (including phenoxy) is 1. The molecule has 0 saturated carbocycles. The third kappa shape index (κ3) is 13.0. The number of hydrogen-bond acceptors (Lipinski definition) is 10. The third-order valence-electron chi connectivity index (χ3n) is 6.93. The van der Waals surface area contributed by atoms with Crippen molar-refractivity contribution in [2.45, 2.75) is 77.2 Å². The molecule has 2 aromatic carbocycles. The number of hydrazine groups is 1. The number of amidine groups is 1. The molecular formula is C33H42N8O6. The standard InChI is InChI=1S/C33H42N8O6/c1-33(2,3)47-29(42)15-14-27(31(43)37-20-23-4-9-25(10-5-23)30(34)35)39-32(44)28(13-8-22-16-18-36-19-17-22)40-38-21-24-6-11-26(12-7-24)41(45)46/h4-7,9-12,16-19,27-28,38,40H,8,13-15,20-21H2,1-3H3,(H3,34,35)(H,37,43)(H,39,44)/t27-,28+/m0/s1. The number of esters is 1. The smallest absolute Gasteiger partial charge is 0.306 e. The van der Waals surface area contributed by atoms with E-state index in [2.05, 4.69) is 26.5 Å². The average molecular weight is 647 g/mol. The first kappa shape index (κ1) is 36.3. The van der Waals surface area contributed by atoms with Crippen LogP contribution in [0.1, 0.15) is 62.3 Å². The summed E-state index contributed by atoms with van der Waals surface area (Å²) in [5.41, 5.74) is 13.9. The molecule has 0 aliphatic rings. The summed E-state index contributed by atoms with van der Waals surface area (Å²) >= 11 is 0. The number of aromatic nitrogens is 1. The number of nitrogens with one attached hydrogen (secondary N) is 5. The first-order valence-corrected chi connectivity index (χ1v) is 15.1. The van der Waals surface area contributed by atoms with Gasteiger partial charge in [-0.1, -0.05) is 36.4 Å². The minimum absolute atomic E-state index is 0.00304. The Kier molecular flexibility index (Phi) is 13.5. The van der Waals surface area contributed by atoms with Gasteiger partial charge in [-0.15, -0.1) is 0 Å². The molecule has 2 atom stereocenters. The highest BCUT2D eigenvalue weighted by Gasteiger charge is 2.27. The van der Waals surface area contributed by atoms with Gasteiger partial charge in [0, 0.05) is 49.6 Å². The van der Waals surface area contributed by atoms with Gasteiger partial charge in [-0.3, -0.25) is 40.3 Å². The Bertz CT molecular complexity index is 1510. The molecule has 0 spiro atoms. The molecule has 0 radical (unpaired) electrons. The lowest BCUT2D eigenvalue weighted by molar-refractivity contribution is -0.384.